The molecule has 0 spiro atoms. The number of hydrogen-bond donors (Lipinski definition) is 2. The minimum atomic E-state index is 0. The van der Waals surface area contributed by atoms with Crippen molar-refractivity contribution >= 4 is 29.9 Å². The highest BCUT2D eigenvalue weighted by Crippen LogP contribution is 2.17. The molecule has 168 valence electrons. The second-order valence-corrected chi connectivity index (χ2v) is 7.13. The Balaban J connectivity index is 0.00000341. The highest BCUT2D eigenvalue weighted by molar-refractivity contribution is 14.0. The summed E-state index contributed by atoms with van der Waals surface area (Å²) in [6.45, 7) is 8.26. The second-order valence-electron chi connectivity index (χ2n) is 7.13. The van der Waals surface area contributed by atoms with Crippen LogP contribution in [0.5, 0.6) is 0 Å². The van der Waals surface area contributed by atoms with Gasteiger partial charge in [-0.3, -0.25) is 0 Å². The molecule has 0 unspecified atom stereocenters. The molecule has 0 saturated heterocycles. The second kappa shape index (κ2) is 11.8. The number of aromatic nitrogens is 5. The van der Waals surface area contributed by atoms with E-state index in [0.717, 1.165) is 34.3 Å². The molecule has 3 aromatic rings. The minimum absolute atomic E-state index is 0. The Morgan fingerprint density at radius 1 is 1.13 bits per heavy atom. The van der Waals surface area contributed by atoms with Crippen LogP contribution in [0, 0.1) is 20.8 Å². The van der Waals surface area contributed by atoms with E-state index in [1.807, 2.05) is 42.3 Å². The number of aryl methyl sites for hydroxylation is 3. The highest BCUT2D eigenvalue weighted by atomic mass is 127. The molecule has 0 saturated carbocycles. The van der Waals surface area contributed by atoms with Gasteiger partial charge in [0.2, 0.25) is 0 Å². The molecule has 2 heterocycles. The summed E-state index contributed by atoms with van der Waals surface area (Å²) in [6, 6.07) is 10.3. The van der Waals surface area contributed by atoms with E-state index in [4.69, 9.17) is 9.73 Å². The van der Waals surface area contributed by atoms with Crippen molar-refractivity contribution in [3.63, 3.8) is 0 Å². The lowest BCUT2D eigenvalue weighted by Crippen LogP contribution is -2.39. The van der Waals surface area contributed by atoms with E-state index in [9.17, 15) is 0 Å². The average Bonchev–Trinajstić information content (AvgIpc) is 3.24. The molecule has 0 aliphatic rings. The Morgan fingerprint density at radius 2 is 1.90 bits per heavy atom. The Kier molecular flexibility index (Phi) is 9.44. The fraction of sp³-hybridized carbons (Fsp3) is 0.429. The first-order valence-electron chi connectivity index (χ1n) is 9.97. The van der Waals surface area contributed by atoms with E-state index in [0.29, 0.717) is 32.2 Å². The van der Waals surface area contributed by atoms with Gasteiger partial charge < -0.3 is 19.9 Å². The maximum atomic E-state index is 5.15. The van der Waals surface area contributed by atoms with Gasteiger partial charge in [-0.15, -0.1) is 34.2 Å². The fourth-order valence-corrected chi connectivity index (χ4v) is 3.10. The summed E-state index contributed by atoms with van der Waals surface area (Å²) in [5.74, 6) is 2.41. The minimum Gasteiger partial charge on any atom is -0.383 e. The first-order valence-corrected chi connectivity index (χ1v) is 9.97. The highest BCUT2D eigenvalue weighted by Gasteiger charge is 2.10. The van der Waals surface area contributed by atoms with E-state index in [2.05, 4.69) is 51.1 Å². The summed E-state index contributed by atoms with van der Waals surface area (Å²) in [4.78, 5) is 4.78. The Labute approximate surface area is 200 Å². The third kappa shape index (κ3) is 6.50. The Hall–Kier alpha value is -2.47. The molecule has 3 rings (SSSR count). The van der Waals surface area contributed by atoms with E-state index in [1.54, 1.807) is 7.11 Å². The van der Waals surface area contributed by atoms with E-state index in [1.165, 1.54) is 0 Å². The van der Waals surface area contributed by atoms with Crippen LogP contribution in [-0.4, -0.2) is 50.8 Å². The van der Waals surface area contributed by atoms with Crippen molar-refractivity contribution in [3.8, 4) is 5.69 Å². The summed E-state index contributed by atoms with van der Waals surface area (Å²) < 4.78 is 9.07. The largest absolute Gasteiger partial charge is 0.383 e. The molecule has 0 radical (unpaired) electrons. The van der Waals surface area contributed by atoms with Gasteiger partial charge in [-0.2, -0.15) is 5.10 Å². The molecule has 2 N–H and O–H groups in total. The van der Waals surface area contributed by atoms with Gasteiger partial charge in [-0.25, -0.2) is 9.67 Å². The Morgan fingerprint density at radius 3 is 2.55 bits per heavy atom. The lowest BCUT2D eigenvalue weighted by atomic mass is 10.2. The maximum Gasteiger partial charge on any atom is 0.192 e. The third-order valence-electron chi connectivity index (χ3n) is 4.83. The monoisotopic (exact) mass is 538 g/mol. The standard InChI is InChI=1S/C21H30N8O.HI/c1-15-12-16(2)29(27-15)19-9-7-6-8-18(19)13-23-21(22-10-11-30-5)24-14-20-26-25-17(3)28(20)4;/h6-9,12H,10-11,13-14H2,1-5H3,(H2,22,23,24);1H. The summed E-state index contributed by atoms with van der Waals surface area (Å²) in [7, 11) is 3.63. The zero-order valence-corrected chi connectivity index (χ0v) is 21.0. The normalized spacial score (nSPS) is 11.3. The molecule has 1 aromatic carbocycles. The smallest absolute Gasteiger partial charge is 0.192 e. The van der Waals surface area contributed by atoms with Crippen molar-refractivity contribution in [3.05, 3.63) is 58.9 Å². The summed E-state index contributed by atoms with van der Waals surface area (Å²) >= 11 is 0. The van der Waals surface area contributed by atoms with Crippen LogP contribution in [0.3, 0.4) is 0 Å². The number of halogens is 1. The summed E-state index contributed by atoms with van der Waals surface area (Å²) in [6.07, 6.45) is 0. The van der Waals surface area contributed by atoms with Crippen molar-refractivity contribution < 1.29 is 4.74 Å². The van der Waals surface area contributed by atoms with Crippen LogP contribution in [-0.2, 0) is 24.9 Å². The van der Waals surface area contributed by atoms with Gasteiger partial charge >= 0.3 is 0 Å². The van der Waals surface area contributed by atoms with Crippen molar-refractivity contribution in [2.75, 3.05) is 20.3 Å². The molecule has 31 heavy (non-hydrogen) atoms. The van der Waals surface area contributed by atoms with E-state index < -0.39 is 0 Å². The van der Waals surface area contributed by atoms with E-state index >= 15 is 0 Å². The van der Waals surface area contributed by atoms with Crippen LogP contribution < -0.4 is 10.6 Å². The number of nitrogens with zero attached hydrogens (tertiary/aromatic N) is 6. The first kappa shape index (κ1) is 24.8. The molecule has 10 heteroatoms. The number of guanidine groups is 1. The predicted molar refractivity (Wildman–Crippen MR) is 132 cm³/mol. The molecule has 0 bridgehead atoms. The fourth-order valence-electron chi connectivity index (χ4n) is 3.10. The van der Waals surface area contributed by atoms with Gasteiger partial charge in [0, 0.05) is 26.4 Å². The topological polar surface area (TPSA) is 94.2 Å². The summed E-state index contributed by atoms with van der Waals surface area (Å²) in [5, 5.41) is 19.5. The predicted octanol–water partition coefficient (Wildman–Crippen LogP) is 2.43. The van der Waals surface area contributed by atoms with Gasteiger partial charge in [0.25, 0.3) is 0 Å². The van der Waals surface area contributed by atoms with Gasteiger partial charge in [0.1, 0.15) is 5.82 Å². The molecule has 0 fully saturated rings. The lowest BCUT2D eigenvalue weighted by Gasteiger charge is -2.14. The molecule has 0 atom stereocenters. The van der Waals surface area contributed by atoms with Crippen LogP contribution in [0.4, 0.5) is 0 Å². The SMILES string of the molecule is COCCNC(=NCc1ccccc1-n1nc(C)cc1C)NCc1nnc(C)n1C.I. The van der Waals surface area contributed by atoms with E-state index in [-0.39, 0.29) is 24.0 Å². The number of hydrogen-bond acceptors (Lipinski definition) is 5. The van der Waals surface area contributed by atoms with Gasteiger partial charge in [0.15, 0.2) is 11.8 Å². The van der Waals surface area contributed by atoms with Crippen LogP contribution in [0.2, 0.25) is 0 Å². The van der Waals surface area contributed by atoms with Gasteiger partial charge in [-0.05, 0) is 38.5 Å². The average molecular weight is 538 g/mol. The maximum absolute atomic E-state index is 5.15. The van der Waals surface area contributed by atoms with Crippen LogP contribution in [0.1, 0.15) is 28.6 Å². The van der Waals surface area contributed by atoms with Crippen molar-refractivity contribution in [1.29, 1.82) is 0 Å². The molecular formula is C21H31IN8O. The van der Waals surface area contributed by atoms with Crippen molar-refractivity contribution in [2.24, 2.45) is 12.0 Å². The number of benzene rings is 1. The van der Waals surface area contributed by atoms with Crippen molar-refractivity contribution in [1.82, 2.24) is 35.2 Å². The molecule has 2 aromatic heterocycles. The number of nitrogens with one attached hydrogen (secondary N) is 2. The van der Waals surface area contributed by atoms with Crippen LogP contribution >= 0.6 is 24.0 Å². The first-order chi connectivity index (χ1) is 14.5. The van der Waals surface area contributed by atoms with Crippen LogP contribution in [0.25, 0.3) is 5.69 Å². The summed E-state index contributed by atoms with van der Waals surface area (Å²) in [5.41, 5.74) is 4.21. The van der Waals surface area contributed by atoms with Gasteiger partial charge in [0.05, 0.1) is 31.1 Å². The number of rotatable bonds is 8. The van der Waals surface area contributed by atoms with Crippen molar-refractivity contribution in [2.45, 2.75) is 33.9 Å². The third-order valence-corrected chi connectivity index (χ3v) is 4.83. The number of para-hydroxylation sites is 1. The Bertz CT molecular complexity index is 1010. The number of methoxy groups -OCH3 is 1. The molecule has 9 nitrogen and oxygen atoms in total. The quantitative estimate of drug-likeness (QED) is 0.198. The molecule has 0 aliphatic heterocycles. The number of ether oxygens (including phenoxy) is 1. The molecule has 0 aliphatic carbocycles. The molecular weight excluding hydrogens is 507 g/mol. The zero-order valence-electron chi connectivity index (χ0n) is 18.7. The number of aliphatic imine (C=N–C) groups is 1. The van der Waals surface area contributed by atoms with Crippen LogP contribution in [0.15, 0.2) is 35.3 Å². The lowest BCUT2D eigenvalue weighted by molar-refractivity contribution is 0.203. The zero-order chi connectivity index (χ0) is 21.5. The molecule has 0 amide bonds. The van der Waals surface area contributed by atoms with Gasteiger partial charge in [-0.1, -0.05) is 18.2 Å².